The highest BCUT2D eigenvalue weighted by Crippen LogP contribution is 2.26. The molecule has 0 bridgehead atoms. The van der Waals surface area contributed by atoms with Crippen molar-refractivity contribution in [2.24, 2.45) is 0 Å². The molecule has 7 heteroatoms. The maximum atomic E-state index is 13.9. The van der Waals surface area contributed by atoms with Crippen molar-refractivity contribution >= 4 is 11.6 Å². The second kappa shape index (κ2) is 7.26. The lowest BCUT2D eigenvalue weighted by Crippen LogP contribution is -2.32. The molecule has 1 aromatic carbocycles. The van der Waals surface area contributed by atoms with Gasteiger partial charge in [-0.3, -0.25) is 0 Å². The molecule has 1 N–H and O–H groups in total. The second-order valence-corrected chi connectivity index (χ2v) is 6.60. The van der Waals surface area contributed by atoms with Crippen LogP contribution < -0.4 is 10.2 Å². The quantitative estimate of drug-likeness (QED) is 0.763. The lowest BCUT2D eigenvalue weighted by Gasteiger charge is -2.30. The summed E-state index contributed by atoms with van der Waals surface area (Å²) in [7, 11) is 0. The van der Waals surface area contributed by atoms with E-state index in [1.165, 1.54) is 18.5 Å². The smallest absolute Gasteiger partial charge is 0.134 e. The van der Waals surface area contributed by atoms with Crippen molar-refractivity contribution in [3.05, 3.63) is 76.9 Å². The van der Waals surface area contributed by atoms with Crippen molar-refractivity contribution in [1.82, 2.24) is 15.0 Å². The summed E-state index contributed by atoms with van der Waals surface area (Å²) in [6.45, 7) is 3.68. The van der Waals surface area contributed by atoms with Gasteiger partial charge in [-0.25, -0.2) is 23.7 Å². The molecule has 2 aromatic heterocycles. The van der Waals surface area contributed by atoms with Gasteiger partial charge in [0.05, 0.1) is 5.69 Å². The number of hydrogen-bond donors (Lipinski definition) is 1. The van der Waals surface area contributed by atoms with Crippen molar-refractivity contribution in [2.45, 2.75) is 26.4 Å². The third kappa shape index (κ3) is 3.72. The van der Waals surface area contributed by atoms with Crippen LogP contribution in [-0.4, -0.2) is 21.5 Å². The van der Waals surface area contributed by atoms with Crippen LogP contribution in [0, 0.1) is 18.6 Å². The molecule has 3 aromatic rings. The van der Waals surface area contributed by atoms with E-state index >= 15 is 0 Å². The molecule has 0 amide bonds. The van der Waals surface area contributed by atoms with Crippen LogP contribution in [0.2, 0.25) is 0 Å². The van der Waals surface area contributed by atoms with Gasteiger partial charge in [0.1, 0.15) is 29.6 Å². The second-order valence-electron chi connectivity index (χ2n) is 6.60. The Hall–Kier alpha value is -3.09. The van der Waals surface area contributed by atoms with Gasteiger partial charge in [-0.1, -0.05) is 12.1 Å². The predicted octanol–water partition coefficient (Wildman–Crippen LogP) is 3.63. The Kier molecular flexibility index (Phi) is 4.66. The molecule has 0 aliphatic carbocycles. The van der Waals surface area contributed by atoms with Gasteiger partial charge in [0.25, 0.3) is 0 Å². The van der Waals surface area contributed by atoms with E-state index in [1.807, 2.05) is 25.3 Å². The van der Waals surface area contributed by atoms with Gasteiger partial charge >= 0.3 is 0 Å². The molecule has 0 unspecified atom stereocenters. The Morgan fingerprint density at radius 2 is 2.00 bits per heavy atom. The molecular weight excluding hydrogens is 348 g/mol. The number of halogens is 2. The summed E-state index contributed by atoms with van der Waals surface area (Å²) in [6.07, 6.45) is 4.15. The van der Waals surface area contributed by atoms with Crippen LogP contribution >= 0.6 is 0 Å². The molecule has 27 heavy (non-hydrogen) atoms. The lowest BCUT2D eigenvalue weighted by atomic mass is 10.1. The van der Waals surface area contributed by atoms with Crippen molar-refractivity contribution in [1.29, 1.82) is 0 Å². The maximum absolute atomic E-state index is 13.9. The van der Waals surface area contributed by atoms with E-state index in [4.69, 9.17) is 0 Å². The van der Waals surface area contributed by atoms with E-state index in [1.54, 1.807) is 0 Å². The molecule has 0 atom stereocenters. The fourth-order valence-electron chi connectivity index (χ4n) is 3.18. The van der Waals surface area contributed by atoms with Gasteiger partial charge in [0.2, 0.25) is 0 Å². The van der Waals surface area contributed by atoms with Gasteiger partial charge < -0.3 is 10.2 Å². The normalized spacial score (nSPS) is 13.4. The molecule has 138 valence electrons. The number of nitrogens with one attached hydrogen (secondary N) is 1. The molecule has 3 heterocycles. The number of hydrogen-bond acceptors (Lipinski definition) is 5. The van der Waals surface area contributed by atoms with Crippen molar-refractivity contribution in [3.63, 3.8) is 0 Å². The number of pyridine rings is 1. The Morgan fingerprint density at radius 1 is 1.11 bits per heavy atom. The lowest BCUT2D eigenvalue weighted by molar-refractivity contribution is 0.574. The fourth-order valence-corrected chi connectivity index (χ4v) is 3.18. The Balaban J connectivity index is 1.55. The van der Waals surface area contributed by atoms with E-state index in [0.29, 0.717) is 17.9 Å². The average molecular weight is 367 g/mol. The van der Waals surface area contributed by atoms with E-state index in [-0.39, 0.29) is 6.54 Å². The molecular formula is C20H19F2N5. The van der Waals surface area contributed by atoms with Gasteiger partial charge in [0, 0.05) is 49.4 Å². The number of anilines is 2. The maximum Gasteiger partial charge on any atom is 0.134 e. The zero-order chi connectivity index (χ0) is 18.8. The van der Waals surface area contributed by atoms with Gasteiger partial charge in [-0.2, -0.15) is 0 Å². The topological polar surface area (TPSA) is 53.9 Å². The molecule has 4 rings (SSSR count). The highest BCUT2D eigenvalue weighted by molar-refractivity contribution is 5.52. The molecule has 1 aliphatic heterocycles. The molecule has 0 saturated carbocycles. The summed E-state index contributed by atoms with van der Waals surface area (Å²) in [5.74, 6) is 0.416. The van der Waals surface area contributed by atoms with E-state index in [0.717, 1.165) is 41.7 Å². The number of benzene rings is 1. The number of fused-ring (bicyclic) bond motifs is 1. The van der Waals surface area contributed by atoms with Crippen molar-refractivity contribution in [3.8, 4) is 0 Å². The molecule has 5 nitrogen and oxygen atoms in total. The molecule has 0 radical (unpaired) electrons. The summed E-state index contributed by atoms with van der Waals surface area (Å²) in [6, 6.07) is 7.62. The zero-order valence-electron chi connectivity index (χ0n) is 14.9. The minimum Gasteiger partial charge on any atom is -0.365 e. The largest absolute Gasteiger partial charge is 0.365 e. The van der Waals surface area contributed by atoms with Crippen molar-refractivity contribution < 1.29 is 8.78 Å². The molecule has 0 saturated heterocycles. The van der Waals surface area contributed by atoms with Crippen LogP contribution in [0.4, 0.5) is 20.4 Å². The number of nitrogens with zero attached hydrogens (tertiary/aromatic N) is 4. The van der Waals surface area contributed by atoms with Gasteiger partial charge in [-0.05, 0) is 24.6 Å². The molecule has 0 fully saturated rings. The van der Waals surface area contributed by atoms with Crippen molar-refractivity contribution in [2.75, 3.05) is 16.8 Å². The minimum atomic E-state index is -0.586. The average Bonchev–Trinajstić information content (AvgIpc) is 2.67. The van der Waals surface area contributed by atoms with Gasteiger partial charge in [0.15, 0.2) is 0 Å². The fraction of sp³-hybridized carbons (Fsp3) is 0.250. The van der Waals surface area contributed by atoms with Crippen LogP contribution in [0.1, 0.15) is 22.4 Å². The third-order valence-electron chi connectivity index (χ3n) is 4.68. The van der Waals surface area contributed by atoms with Crippen LogP contribution in [0.3, 0.4) is 0 Å². The van der Waals surface area contributed by atoms with Crippen LogP contribution in [0.25, 0.3) is 0 Å². The SMILES string of the molecule is Cc1ccc(N2CCc3ncnc(NCc4ccc(F)cc4F)c3C2)nc1. The molecule has 0 spiro atoms. The van der Waals surface area contributed by atoms with E-state index in [9.17, 15) is 8.78 Å². The summed E-state index contributed by atoms with van der Waals surface area (Å²) in [4.78, 5) is 15.4. The first-order valence-corrected chi connectivity index (χ1v) is 8.78. The summed E-state index contributed by atoms with van der Waals surface area (Å²) in [5.41, 5.74) is 3.46. The van der Waals surface area contributed by atoms with Crippen LogP contribution in [0.5, 0.6) is 0 Å². The highest BCUT2D eigenvalue weighted by Gasteiger charge is 2.22. The van der Waals surface area contributed by atoms with Gasteiger partial charge in [-0.15, -0.1) is 0 Å². The Labute approximate surface area is 156 Å². The van der Waals surface area contributed by atoms with E-state index < -0.39 is 11.6 Å². The first-order chi connectivity index (χ1) is 13.1. The third-order valence-corrected chi connectivity index (χ3v) is 4.68. The highest BCUT2D eigenvalue weighted by atomic mass is 19.1. The minimum absolute atomic E-state index is 0.221. The monoisotopic (exact) mass is 367 g/mol. The number of aryl methyl sites for hydroxylation is 1. The summed E-state index contributed by atoms with van der Waals surface area (Å²) < 4.78 is 27.0. The summed E-state index contributed by atoms with van der Waals surface area (Å²) >= 11 is 0. The van der Waals surface area contributed by atoms with Crippen LogP contribution in [0.15, 0.2) is 42.9 Å². The number of aromatic nitrogens is 3. The van der Waals surface area contributed by atoms with Crippen LogP contribution in [-0.2, 0) is 19.5 Å². The van der Waals surface area contributed by atoms with E-state index in [2.05, 4.69) is 25.2 Å². The predicted molar refractivity (Wildman–Crippen MR) is 99.4 cm³/mol. The molecule has 1 aliphatic rings. The zero-order valence-corrected chi connectivity index (χ0v) is 14.9. The Morgan fingerprint density at radius 3 is 2.78 bits per heavy atom. The first kappa shape index (κ1) is 17.3. The Bertz CT molecular complexity index is 959. The first-order valence-electron chi connectivity index (χ1n) is 8.78. The summed E-state index contributed by atoms with van der Waals surface area (Å²) in [5, 5.41) is 3.17. The number of rotatable bonds is 4. The standard InChI is InChI=1S/C20H19F2N5/c1-13-2-5-19(23-9-13)27-7-6-18-16(11-27)20(26-12-25-18)24-10-14-3-4-15(21)8-17(14)22/h2-5,8-9,12H,6-7,10-11H2,1H3,(H,24,25,26).